The summed E-state index contributed by atoms with van der Waals surface area (Å²) >= 11 is 0. The summed E-state index contributed by atoms with van der Waals surface area (Å²) in [6, 6.07) is 7.84. The lowest BCUT2D eigenvalue weighted by Crippen LogP contribution is -2.02. The van der Waals surface area contributed by atoms with Gasteiger partial charge in [0.1, 0.15) is 11.6 Å². The Morgan fingerprint density at radius 1 is 1.33 bits per heavy atom. The maximum atomic E-state index is 9.07. The fraction of sp³-hybridized carbons (Fsp3) is 0.286. The number of rotatable bonds is 4. The van der Waals surface area contributed by atoms with Gasteiger partial charge in [0.05, 0.1) is 13.7 Å². The van der Waals surface area contributed by atoms with Crippen LogP contribution in [-0.2, 0) is 13.0 Å². The van der Waals surface area contributed by atoms with Gasteiger partial charge in [0.15, 0.2) is 0 Å². The number of aliphatic hydroxyl groups excluding tert-OH is 1. The molecule has 0 aliphatic heterocycles. The molecule has 0 atom stereocenters. The third kappa shape index (κ3) is 2.84. The summed E-state index contributed by atoms with van der Waals surface area (Å²) in [4.78, 5) is 8.63. The molecule has 0 bridgehead atoms. The molecule has 0 saturated heterocycles. The third-order valence-electron chi connectivity index (χ3n) is 2.80. The Bertz CT molecular complexity index is 541. The van der Waals surface area contributed by atoms with Gasteiger partial charge in [0, 0.05) is 23.9 Å². The quantitative estimate of drug-likeness (QED) is 0.892. The molecule has 0 radical (unpaired) electrons. The molecule has 1 aromatic carbocycles. The molecule has 4 heteroatoms. The summed E-state index contributed by atoms with van der Waals surface area (Å²) in [5.74, 6) is 1.58. The molecule has 94 valence electrons. The lowest BCUT2D eigenvalue weighted by atomic mass is 10.1. The highest BCUT2D eigenvalue weighted by molar-refractivity contribution is 5.30. The lowest BCUT2D eigenvalue weighted by Gasteiger charge is -2.06. The molecular formula is C14H16N2O2. The number of aliphatic hydroxyl groups is 1. The van der Waals surface area contributed by atoms with E-state index in [1.165, 1.54) is 0 Å². The standard InChI is InChI=1S/C14H16N2O2/c1-10-12(9-17)8-15-14(16-10)7-11-4-3-5-13(6-11)18-2/h3-6,8,17H,7,9H2,1-2H3. The van der Waals surface area contributed by atoms with E-state index in [-0.39, 0.29) is 6.61 Å². The third-order valence-corrected chi connectivity index (χ3v) is 2.80. The fourth-order valence-corrected chi connectivity index (χ4v) is 1.75. The molecule has 0 aliphatic rings. The minimum atomic E-state index is -0.0225. The molecule has 0 unspecified atom stereocenters. The molecular weight excluding hydrogens is 228 g/mol. The summed E-state index contributed by atoms with van der Waals surface area (Å²) in [5.41, 5.74) is 2.69. The highest BCUT2D eigenvalue weighted by Crippen LogP contribution is 2.15. The van der Waals surface area contributed by atoms with E-state index >= 15 is 0 Å². The number of methoxy groups -OCH3 is 1. The zero-order valence-electron chi connectivity index (χ0n) is 10.6. The normalized spacial score (nSPS) is 10.4. The largest absolute Gasteiger partial charge is 0.497 e. The average Bonchev–Trinajstić information content (AvgIpc) is 2.39. The zero-order chi connectivity index (χ0) is 13.0. The molecule has 4 nitrogen and oxygen atoms in total. The fourth-order valence-electron chi connectivity index (χ4n) is 1.75. The van der Waals surface area contributed by atoms with E-state index in [0.29, 0.717) is 6.42 Å². The molecule has 0 fully saturated rings. The van der Waals surface area contributed by atoms with Gasteiger partial charge in [-0.3, -0.25) is 0 Å². The molecule has 2 aromatic rings. The van der Waals surface area contributed by atoms with Gasteiger partial charge >= 0.3 is 0 Å². The second-order valence-corrected chi connectivity index (χ2v) is 4.08. The average molecular weight is 244 g/mol. The highest BCUT2D eigenvalue weighted by atomic mass is 16.5. The van der Waals surface area contributed by atoms with Crippen LogP contribution in [-0.4, -0.2) is 22.2 Å². The van der Waals surface area contributed by atoms with Crippen molar-refractivity contribution in [3.63, 3.8) is 0 Å². The summed E-state index contributed by atoms with van der Waals surface area (Å²) in [6.45, 7) is 1.85. The van der Waals surface area contributed by atoms with Crippen LogP contribution in [0.1, 0.15) is 22.6 Å². The number of ether oxygens (including phenoxy) is 1. The van der Waals surface area contributed by atoms with E-state index in [1.54, 1.807) is 13.3 Å². The number of aryl methyl sites for hydroxylation is 1. The van der Waals surface area contributed by atoms with Crippen molar-refractivity contribution in [1.29, 1.82) is 0 Å². The summed E-state index contributed by atoms with van der Waals surface area (Å²) in [6.07, 6.45) is 2.33. The van der Waals surface area contributed by atoms with Crippen molar-refractivity contribution in [3.8, 4) is 5.75 Å². The Kier molecular flexibility index (Phi) is 3.89. The second kappa shape index (κ2) is 5.60. The number of aromatic nitrogens is 2. The van der Waals surface area contributed by atoms with Crippen LogP contribution in [0.15, 0.2) is 30.5 Å². The van der Waals surface area contributed by atoms with Gasteiger partial charge in [-0.15, -0.1) is 0 Å². The Balaban J connectivity index is 2.20. The molecule has 1 aromatic heterocycles. The van der Waals surface area contributed by atoms with Crippen LogP contribution in [0.4, 0.5) is 0 Å². The monoisotopic (exact) mass is 244 g/mol. The lowest BCUT2D eigenvalue weighted by molar-refractivity contribution is 0.280. The van der Waals surface area contributed by atoms with Crippen LogP contribution in [0.3, 0.4) is 0 Å². The Morgan fingerprint density at radius 3 is 2.83 bits per heavy atom. The van der Waals surface area contributed by atoms with Crippen LogP contribution in [0.2, 0.25) is 0 Å². The topological polar surface area (TPSA) is 55.2 Å². The van der Waals surface area contributed by atoms with Crippen molar-refractivity contribution in [2.45, 2.75) is 20.0 Å². The number of hydrogen-bond donors (Lipinski definition) is 1. The van der Waals surface area contributed by atoms with Crippen molar-refractivity contribution in [2.75, 3.05) is 7.11 Å². The van der Waals surface area contributed by atoms with Gasteiger partial charge < -0.3 is 9.84 Å². The van der Waals surface area contributed by atoms with Gasteiger partial charge in [0.25, 0.3) is 0 Å². The number of benzene rings is 1. The second-order valence-electron chi connectivity index (χ2n) is 4.08. The van der Waals surface area contributed by atoms with Crippen molar-refractivity contribution in [3.05, 3.63) is 53.1 Å². The van der Waals surface area contributed by atoms with E-state index in [9.17, 15) is 0 Å². The van der Waals surface area contributed by atoms with Crippen LogP contribution < -0.4 is 4.74 Å². The first-order valence-electron chi connectivity index (χ1n) is 5.78. The molecule has 2 rings (SSSR count). The predicted molar refractivity (Wildman–Crippen MR) is 68.5 cm³/mol. The van der Waals surface area contributed by atoms with Gasteiger partial charge in [-0.1, -0.05) is 12.1 Å². The first-order valence-corrected chi connectivity index (χ1v) is 5.78. The van der Waals surface area contributed by atoms with Crippen molar-refractivity contribution >= 4 is 0 Å². The predicted octanol–water partition coefficient (Wildman–Crippen LogP) is 1.88. The van der Waals surface area contributed by atoms with E-state index in [0.717, 1.165) is 28.4 Å². The minimum absolute atomic E-state index is 0.0225. The van der Waals surface area contributed by atoms with Crippen molar-refractivity contribution in [1.82, 2.24) is 9.97 Å². The van der Waals surface area contributed by atoms with Gasteiger partial charge in [0.2, 0.25) is 0 Å². The molecule has 0 spiro atoms. The summed E-state index contributed by atoms with van der Waals surface area (Å²) in [5, 5.41) is 9.07. The molecule has 0 aliphatic carbocycles. The molecule has 18 heavy (non-hydrogen) atoms. The zero-order valence-corrected chi connectivity index (χ0v) is 10.6. The van der Waals surface area contributed by atoms with Crippen molar-refractivity contribution < 1.29 is 9.84 Å². The SMILES string of the molecule is COc1cccc(Cc2ncc(CO)c(C)n2)c1. The molecule has 0 amide bonds. The number of hydrogen-bond acceptors (Lipinski definition) is 4. The first kappa shape index (κ1) is 12.5. The number of nitrogens with zero attached hydrogens (tertiary/aromatic N) is 2. The van der Waals surface area contributed by atoms with Crippen LogP contribution >= 0.6 is 0 Å². The maximum Gasteiger partial charge on any atom is 0.132 e. The van der Waals surface area contributed by atoms with Crippen LogP contribution in [0, 0.1) is 6.92 Å². The summed E-state index contributed by atoms with van der Waals surface area (Å²) < 4.78 is 5.18. The van der Waals surface area contributed by atoms with Crippen molar-refractivity contribution in [2.24, 2.45) is 0 Å². The highest BCUT2D eigenvalue weighted by Gasteiger charge is 2.04. The Hall–Kier alpha value is -1.94. The molecule has 1 N–H and O–H groups in total. The van der Waals surface area contributed by atoms with E-state index in [2.05, 4.69) is 9.97 Å². The Morgan fingerprint density at radius 2 is 2.17 bits per heavy atom. The van der Waals surface area contributed by atoms with E-state index < -0.39 is 0 Å². The van der Waals surface area contributed by atoms with E-state index in [1.807, 2.05) is 31.2 Å². The maximum absolute atomic E-state index is 9.07. The van der Waals surface area contributed by atoms with E-state index in [4.69, 9.17) is 9.84 Å². The van der Waals surface area contributed by atoms with Gasteiger partial charge in [-0.05, 0) is 24.6 Å². The van der Waals surface area contributed by atoms with Crippen LogP contribution in [0.25, 0.3) is 0 Å². The van der Waals surface area contributed by atoms with Crippen LogP contribution in [0.5, 0.6) is 5.75 Å². The summed E-state index contributed by atoms with van der Waals surface area (Å²) in [7, 11) is 1.65. The Labute approximate surface area is 106 Å². The molecule has 1 heterocycles. The molecule has 0 saturated carbocycles. The minimum Gasteiger partial charge on any atom is -0.497 e. The van der Waals surface area contributed by atoms with Gasteiger partial charge in [-0.2, -0.15) is 0 Å². The smallest absolute Gasteiger partial charge is 0.132 e. The first-order chi connectivity index (χ1) is 8.72. The van der Waals surface area contributed by atoms with Gasteiger partial charge in [-0.25, -0.2) is 9.97 Å².